The van der Waals surface area contributed by atoms with Crippen LogP contribution >= 0.6 is 0 Å². The molecule has 1 heterocycles. The maximum atomic E-state index is 13.7. The lowest BCUT2D eigenvalue weighted by Gasteiger charge is -2.33. The van der Waals surface area contributed by atoms with Crippen LogP contribution in [-0.4, -0.2) is 67.2 Å². The van der Waals surface area contributed by atoms with E-state index in [-0.39, 0.29) is 37.3 Å². The Morgan fingerprint density at radius 1 is 0.881 bits per heavy atom. The Bertz CT molecular complexity index is 1240. The largest absolute Gasteiger partial charge is 0.416 e. The smallest absolute Gasteiger partial charge is 0.335 e. The monoisotopic (exact) mass is 603 g/mol. The van der Waals surface area contributed by atoms with Crippen LogP contribution in [0.4, 0.5) is 46.0 Å². The summed E-state index contributed by atoms with van der Waals surface area (Å²) in [5, 5.41) is 2.98. The number of nitrogens with one attached hydrogen (secondary N) is 1. The molecular weight excluding hydrogens is 571 g/mol. The van der Waals surface area contributed by atoms with Crippen molar-refractivity contribution in [3.63, 3.8) is 0 Å². The Morgan fingerprint density at radius 3 is 1.95 bits per heavy atom. The Kier molecular flexibility index (Phi) is 8.95. The number of benzene rings is 2. The highest BCUT2D eigenvalue weighted by Gasteiger charge is 2.42. The molecule has 2 aromatic rings. The third-order valence-electron chi connectivity index (χ3n) is 8.02. The van der Waals surface area contributed by atoms with Crippen LogP contribution in [0.5, 0.6) is 0 Å². The Balaban J connectivity index is 1.59. The molecule has 2 aromatic carbocycles. The number of alkyl halides is 6. The number of hydrogen-bond acceptors (Lipinski definition) is 3. The first-order chi connectivity index (χ1) is 19.5. The van der Waals surface area contributed by atoms with E-state index in [1.165, 1.54) is 41.1 Å². The highest BCUT2D eigenvalue weighted by atomic mass is 19.4. The minimum absolute atomic E-state index is 0.0104. The second-order valence-corrected chi connectivity index (χ2v) is 10.9. The van der Waals surface area contributed by atoms with Crippen LogP contribution in [0.2, 0.25) is 0 Å². The van der Waals surface area contributed by atoms with Gasteiger partial charge in [0.05, 0.1) is 17.2 Å². The van der Waals surface area contributed by atoms with Crippen LogP contribution < -0.4 is 16.0 Å². The second kappa shape index (κ2) is 12.0. The van der Waals surface area contributed by atoms with Crippen molar-refractivity contribution in [3.05, 3.63) is 65.0 Å². The number of halogens is 7. The molecule has 1 aliphatic carbocycles. The average Bonchev–Trinajstić information content (AvgIpc) is 3.38. The number of urea groups is 2. The third kappa shape index (κ3) is 7.08. The topological polar surface area (TPSA) is 81.9 Å². The summed E-state index contributed by atoms with van der Waals surface area (Å²) >= 11 is 0. The number of anilines is 1. The number of amides is 4. The van der Waals surface area contributed by atoms with Crippen molar-refractivity contribution in [2.24, 2.45) is 5.73 Å². The molecule has 4 amide bonds. The van der Waals surface area contributed by atoms with Crippen molar-refractivity contribution in [1.82, 2.24) is 15.1 Å². The molecule has 0 bridgehead atoms. The van der Waals surface area contributed by atoms with E-state index in [1.807, 2.05) is 0 Å². The van der Waals surface area contributed by atoms with Crippen molar-refractivity contribution >= 4 is 17.7 Å². The predicted octanol–water partition coefficient (Wildman–Crippen LogP) is 5.80. The van der Waals surface area contributed by atoms with Gasteiger partial charge in [0.2, 0.25) is 0 Å². The zero-order chi connectivity index (χ0) is 31.0. The van der Waals surface area contributed by atoms with E-state index in [4.69, 9.17) is 5.73 Å². The number of likely N-dealkylation sites (tertiary alicyclic amines) is 1. The lowest BCUT2D eigenvalue weighted by atomic mass is 9.92. The lowest BCUT2D eigenvalue weighted by Crippen LogP contribution is -2.49. The van der Waals surface area contributed by atoms with Gasteiger partial charge in [-0.15, -0.1) is 0 Å². The summed E-state index contributed by atoms with van der Waals surface area (Å²) in [6.07, 6.45) is -7.20. The summed E-state index contributed by atoms with van der Waals surface area (Å²) in [5.41, 5.74) is 2.86. The van der Waals surface area contributed by atoms with E-state index in [0.717, 1.165) is 19.9 Å². The van der Waals surface area contributed by atoms with Gasteiger partial charge in [0.25, 0.3) is 0 Å². The molecule has 2 fully saturated rings. The molecule has 1 saturated heterocycles. The average molecular weight is 604 g/mol. The maximum Gasteiger partial charge on any atom is 0.416 e. The molecule has 4 rings (SSSR count). The second-order valence-electron chi connectivity index (χ2n) is 10.9. The van der Waals surface area contributed by atoms with Gasteiger partial charge in [-0.05, 0) is 61.6 Å². The van der Waals surface area contributed by atoms with E-state index >= 15 is 0 Å². The van der Waals surface area contributed by atoms with E-state index in [0.29, 0.717) is 35.4 Å². The molecular formula is C28H32F7N5O2. The molecule has 3 N–H and O–H groups in total. The summed E-state index contributed by atoms with van der Waals surface area (Å²) in [6.45, 7) is 0.185. The number of nitrogens with zero attached hydrogens (tertiary/aromatic N) is 3. The first kappa shape index (κ1) is 31.4. The standard InChI is InChI=1S/C28H32F7N5O2/c1-38(22-12-17(27(30,31)32)11-18(13-22)28(33,34)35)26(42)39(2)24-15-40(14-23(24)16-3-5-19(29)6-4-16)25(41)37-21-9-7-20(36)8-10-21/h3-6,11-13,20-21,23-24H,7-10,14-15,36H2,1-2H3,(H,37,41). The molecule has 230 valence electrons. The molecule has 1 aliphatic heterocycles. The first-order valence-corrected chi connectivity index (χ1v) is 13.4. The predicted molar refractivity (Wildman–Crippen MR) is 141 cm³/mol. The molecule has 7 nitrogen and oxygen atoms in total. The van der Waals surface area contributed by atoms with Gasteiger partial charge in [0, 0.05) is 50.9 Å². The van der Waals surface area contributed by atoms with Crippen molar-refractivity contribution in [1.29, 1.82) is 0 Å². The van der Waals surface area contributed by atoms with E-state index in [9.17, 15) is 40.3 Å². The van der Waals surface area contributed by atoms with Crippen molar-refractivity contribution in [2.75, 3.05) is 32.1 Å². The normalized spacial score (nSPS) is 23.0. The van der Waals surface area contributed by atoms with Gasteiger partial charge in [-0.25, -0.2) is 14.0 Å². The number of carbonyl (C=O) groups excluding carboxylic acids is 2. The third-order valence-corrected chi connectivity index (χ3v) is 8.02. The highest BCUT2D eigenvalue weighted by molar-refractivity contribution is 5.92. The van der Waals surface area contributed by atoms with Gasteiger partial charge >= 0.3 is 24.4 Å². The van der Waals surface area contributed by atoms with Crippen LogP contribution in [0.15, 0.2) is 42.5 Å². The summed E-state index contributed by atoms with van der Waals surface area (Å²) in [6, 6.07) is 4.47. The fourth-order valence-electron chi connectivity index (χ4n) is 5.53. The summed E-state index contributed by atoms with van der Waals surface area (Å²) < 4.78 is 94.2. The Hall–Kier alpha value is -3.55. The van der Waals surface area contributed by atoms with Gasteiger partial charge in [-0.2, -0.15) is 26.3 Å². The van der Waals surface area contributed by atoms with E-state index in [2.05, 4.69) is 5.32 Å². The number of rotatable bonds is 4. The van der Waals surface area contributed by atoms with Gasteiger partial charge < -0.3 is 20.9 Å². The van der Waals surface area contributed by atoms with Crippen LogP contribution in [0, 0.1) is 5.82 Å². The fraction of sp³-hybridized carbons (Fsp3) is 0.500. The van der Waals surface area contributed by atoms with Gasteiger partial charge in [0.15, 0.2) is 0 Å². The van der Waals surface area contributed by atoms with Crippen molar-refractivity contribution in [3.8, 4) is 0 Å². The lowest BCUT2D eigenvalue weighted by molar-refractivity contribution is -0.143. The van der Waals surface area contributed by atoms with Crippen molar-refractivity contribution in [2.45, 2.75) is 62.1 Å². The fourth-order valence-corrected chi connectivity index (χ4v) is 5.53. The molecule has 0 radical (unpaired) electrons. The van der Waals surface area contributed by atoms with Crippen LogP contribution in [0.25, 0.3) is 0 Å². The Labute approximate surface area is 238 Å². The zero-order valence-corrected chi connectivity index (χ0v) is 23.0. The molecule has 2 atom stereocenters. The highest BCUT2D eigenvalue weighted by Crippen LogP contribution is 2.39. The number of likely N-dealkylation sites (N-methyl/N-ethyl adjacent to an activating group) is 1. The number of nitrogens with two attached hydrogens (primary N) is 1. The summed E-state index contributed by atoms with van der Waals surface area (Å²) in [7, 11) is 2.44. The SMILES string of the molecule is CN(C(=O)N(C)C1CN(C(=O)NC2CCC(N)CC2)CC1c1ccc(F)cc1)c1cc(C(F)(F)F)cc(C(F)(F)F)c1. The summed E-state index contributed by atoms with van der Waals surface area (Å²) in [5.74, 6) is -1.00. The molecule has 0 aromatic heterocycles. The molecule has 14 heteroatoms. The molecule has 42 heavy (non-hydrogen) atoms. The number of hydrogen-bond donors (Lipinski definition) is 2. The van der Waals surface area contributed by atoms with Crippen LogP contribution in [-0.2, 0) is 12.4 Å². The Morgan fingerprint density at radius 2 is 1.43 bits per heavy atom. The summed E-state index contributed by atoms with van der Waals surface area (Å²) in [4.78, 5) is 30.1. The number of carbonyl (C=O) groups is 2. The minimum atomic E-state index is -5.08. The van der Waals surface area contributed by atoms with Crippen LogP contribution in [0.3, 0.4) is 0 Å². The first-order valence-electron chi connectivity index (χ1n) is 13.4. The van der Waals surface area contributed by atoms with Gasteiger partial charge in [-0.3, -0.25) is 4.90 Å². The van der Waals surface area contributed by atoms with Gasteiger partial charge in [0.1, 0.15) is 5.82 Å². The molecule has 1 saturated carbocycles. The maximum absolute atomic E-state index is 13.7. The van der Waals surface area contributed by atoms with E-state index in [1.54, 1.807) is 0 Å². The molecule has 0 spiro atoms. The molecule has 2 aliphatic rings. The molecule has 2 unspecified atom stereocenters. The van der Waals surface area contributed by atoms with Crippen molar-refractivity contribution < 1.29 is 40.3 Å². The van der Waals surface area contributed by atoms with Gasteiger partial charge in [-0.1, -0.05) is 12.1 Å². The quantitative estimate of drug-likeness (QED) is 0.434. The minimum Gasteiger partial charge on any atom is -0.335 e. The van der Waals surface area contributed by atoms with Crippen LogP contribution in [0.1, 0.15) is 48.3 Å². The zero-order valence-electron chi connectivity index (χ0n) is 23.0. The van der Waals surface area contributed by atoms with E-state index < -0.39 is 53.0 Å².